The van der Waals surface area contributed by atoms with Crippen LogP contribution in [0.4, 0.5) is 0 Å². The van der Waals surface area contributed by atoms with Crippen LogP contribution in [0.25, 0.3) is 0 Å². The van der Waals surface area contributed by atoms with E-state index in [1.807, 2.05) is 12.1 Å². The van der Waals surface area contributed by atoms with E-state index in [2.05, 4.69) is 6.92 Å². The van der Waals surface area contributed by atoms with E-state index in [0.717, 1.165) is 5.92 Å². The summed E-state index contributed by atoms with van der Waals surface area (Å²) in [5, 5.41) is 8.65. The normalized spacial score (nSPS) is 22.0. The van der Waals surface area contributed by atoms with Crippen molar-refractivity contribution in [3.63, 3.8) is 0 Å². The fourth-order valence-electron chi connectivity index (χ4n) is 3.37. The Balaban J connectivity index is 1.94. The van der Waals surface area contributed by atoms with Crippen LogP contribution >= 0.6 is 0 Å². The maximum Gasteiger partial charge on any atom is 0.311 e. The molecule has 0 aliphatic heterocycles. The van der Waals surface area contributed by atoms with Gasteiger partial charge in [-0.3, -0.25) is 9.59 Å². The van der Waals surface area contributed by atoms with Crippen LogP contribution in [0.5, 0.6) is 0 Å². The van der Waals surface area contributed by atoms with Gasteiger partial charge in [0.2, 0.25) is 0 Å². The van der Waals surface area contributed by atoms with Gasteiger partial charge in [-0.25, -0.2) is 0 Å². The Morgan fingerprint density at radius 3 is 2.24 bits per heavy atom. The molecule has 3 heteroatoms. The Morgan fingerprint density at radius 1 is 1.10 bits per heavy atom. The van der Waals surface area contributed by atoms with Gasteiger partial charge in [0.15, 0.2) is 5.78 Å². The van der Waals surface area contributed by atoms with E-state index in [1.54, 1.807) is 12.1 Å². The molecule has 1 N–H and O–H groups in total. The molecular formula is C18H24O3. The van der Waals surface area contributed by atoms with Gasteiger partial charge in [0.25, 0.3) is 0 Å². The summed E-state index contributed by atoms with van der Waals surface area (Å²) in [6.07, 6.45) is 7.25. The third-order valence-electron chi connectivity index (χ3n) is 4.56. The molecule has 3 nitrogen and oxygen atoms in total. The number of carboxylic acid groups (broad SMARTS) is 1. The van der Waals surface area contributed by atoms with Gasteiger partial charge in [-0.15, -0.1) is 0 Å². The van der Waals surface area contributed by atoms with Crippen molar-refractivity contribution < 1.29 is 14.7 Å². The molecule has 1 aromatic carbocycles. The number of aliphatic carboxylic acids is 1. The molecule has 0 spiro atoms. The van der Waals surface area contributed by atoms with Gasteiger partial charge in [-0.2, -0.15) is 0 Å². The predicted octanol–water partition coefficient (Wildman–Crippen LogP) is 4.42. The van der Waals surface area contributed by atoms with Crippen LogP contribution in [-0.4, -0.2) is 16.9 Å². The largest absolute Gasteiger partial charge is 0.481 e. The second-order valence-electron chi connectivity index (χ2n) is 6.12. The van der Waals surface area contributed by atoms with Crippen LogP contribution in [0.15, 0.2) is 24.3 Å². The lowest BCUT2D eigenvalue weighted by atomic mass is 9.77. The van der Waals surface area contributed by atoms with Crippen molar-refractivity contribution in [2.24, 2.45) is 5.92 Å². The highest BCUT2D eigenvalue weighted by Crippen LogP contribution is 2.37. The van der Waals surface area contributed by atoms with Crippen molar-refractivity contribution in [3.05, 3.63) is 35.4 Å². The monoisotopic (exact) mass is 288 g/mol. The zero-order valence-electron chi connectivity index (χ0n) is 12.7. The first-order chi connectivity index (χ1) is 10.1. The van der Waals surface area contributed by atoms with Gasteiger partial charge in [0.1, 0.15) is 6.42 Å². The Bertz CT molecular complexity index is 482. The fraction of sp³-hybridized carbons (Fsp3) is 0.556. The van der Waals surface area contributed by atoms with Gasteiger partial charge in [0.05, 0.1) is 0 Å². The summed E-state index contributed by atoms with van der Waals surface area (Å²) >= 11 is 0. The van der Waals surface area contributed by atoms with E-state index >= 15 is 0 Å². The molecular weight excluding hydrogens is 264 g/mol. The first kappa shape index (κ1) is 15.7. The van der Waals surface area contributed by atoms with Crippen molar-refractivity contribution in [2.75, 3.05) is 0 Å². The van der Waals surface area contributed by atoms with Gasteiger partial charge >= 0.3 is 5.97 Å². The van der Waals surface area contributed by atoms with E-state index in [0.29, 0.717) is 11.5 Å². The first-order valence-corrected chi connectivity index (χ1v) is 7.95. The van der Waals surface area contributed by atoms with Crippen molar-refractivity contribution >= 4 is 11.8 Å². The lowest BCUT2D eigenvalue weighted by Gasteiger charge is -2.28. The smallest absolute Gasteiger partial charge is 0.311 e. The van der Waals surface area contributed by atoms with Crippen LogP contribution in [0, 0.1) is 5.92 Å². The van der Waals surface area contributed by atoms with Crippen molar-refractivity contribution in [1.29, 1.82) is 0 Å². The number of carbonyl (C=O) groups excluding carboxylic acids is 1. The van der Waals surface area contributed by atoms with Gasteiger partial charge in [-0.05, 0) is 43.1 Å². The molecule has 1 saturated carbocycles. The lowest BCUT2D eigenvalue weighted by Crippen LogP contribution is -2.13. The molecule has 0 atom stereocenters. The zero-order chi connectivity index (χ0) is 15.2. The third kappa shape index (κ3) is 4.42. The van der Waals surface area contributed by atoms with Crippen LogP contribution in [0.1, 0.15) is 73.7 Å². The quantitative estimate of drug-likeness (QED) is 0.623. The standard InChI is InChI=1S/C18H24O3/c1-2-3-13-4-6-14(7-5-13)15-8-10-16(11-9-15)17(19)12-18(20)21/h8-11,13-14H,2-7,12H2,1H3,(H,20,21)/t13-,14-. The highest BCUT2D eigenvalue weighted by atomic mass is 16.4. The van der Waals surface area contributed by atoms with Crippen LogP contribution < -0.4 is 0 Å². The number of hydrogen-bond acceptors (Lipinski definition) is 2. The Labute approximate surface area is 126 Å². The average molecular weight is 288 g/mol. The fourth-order valence-corrected chi connectivity index (χ4v) is 3.37. The van der Waals surface area contributed by atoms with E-state index < -0.39 is 12.4 Å². The minimum Gasteiger partial charge on any atom is -0.481 e. The first-order valence-electron chi connectivity index (χ1n) is 7.95. The topological polar surface area (TPSA) is 54.4 Å². The minimum atomic E-state index is -1.07. The maximum atomic E-state index is 11.7. The molecule has 1 aliphatic rings. The molecule has 0 amide bonds. The number of hydrogen-bond donors (Lipinski definition) is 1. The molecule has 1 fully saturated rings. The molecule has 2 rings (SSSR count). The van der Waals surface area contributed by atoms with Crippen LogP contribution in [-0.2, 0) is 4.79 Å². The number of benzene rings is 1. The SMILES string of the molecule is CCC[C@H]1CC[C@H](c2ccc(C(=O)CC(=O)O)cc2)CC1. The Morgan fingerprint density at radius 2 is 1.71 bits per heavy atom. The van der Waals surface area contributed by atoms with Crippen molar-refractivity contribution in [3.8, 4) is 0 Å². The summed E-state index contributed by atoms with van der Waals surface area (Å²) in [6.45, 7) is 2.25. The molecule has 0 saturated heterocycles. The lowest BCUT2D eigenvalue weighted by molar-refractivity contribution is -0.135. The molecule has 0 unspecified atom stereocenters. The second-order valence-corrected chi connectivity index (χ2v) is 6.12. The maximum absolute atomic E-state index is 11.7. The summed E-state index contributed by atoms with van der Waals surface area (Å²) in [6, 6.07) is 7.55. The van der Waals surface area contributed by atoms with Crippen molar-refractivity contribution in [2.45, 2.75) is 57.8 Å². The summed E-state index contributed by atoms with van der Waals surface area (Å²) in [7, 11) is 0. The summed E-state index contributed by atoms with van der Waals surface area (Å²) in [4.78, 5) is 22.2. The molecule has 21 heavy (non-hydrogen) atoms. The molecule has 1 aromatic rings. The Kier molecular flexibility index (Phi) is 5.54. The second kappa shape index (κ2) is 7.39. The molecule has 114 valence electrons. The Hall–Kier alpha value is -1.64. The number of ketones is 1. The van der Waals surface area contributed by atoms with E-state index in [4.69, 9.17) is 5.11 Å². The number of carbonyl (C=O) groups is 2. The molecule has 0 bridgehead atoms. The van der Waals surface area contributed by atoms with Crippen LogP contribution in [0.3, 0.4) is 0 Å². The van der Waals surface area contributed by atoms with E-state index in [-0.39, 0.29) is 5.78 Å². The van der Waals surface area contributed by atoms with Gasteiger partial charge in [0, 0.05) is 5.56 Å². The van der Waals surface area contributed by atoms with Crippen LogP contribution in [0.2, 0.25) is 0 Å². The van der Waals surface area contributed by atoms with Gasteiger partial charge in [-0.1, -0.05) is 44.0 Å². The third-order valence-corrected chi connectivity index (χ3v) is 4.56. The van der Waals surface area contributed by atoms with E-state index in [9.17, 15) is 9.59 Å². The molecule has 0 heterocycles. The van der Waals surface area contributed by atoms with Crippen molar-refractivity contribution in [1.82, 2.24) is 0 Å². The van der Waals surface area contributed by atoms with E-state index in [1.165, 1.54) is 44.1 Å². The molecule has 1 aliphatic carbocycles. The minimum absolute atomic E-state index is 0.319. The zero-order valence-corrected chi connectivity index (χ0v) is 12.7. The average Bonchev–Trinajstić information content (AvgIpc) is 2.48. The number of Topliss-reactive ketones (excluding diaryl/α,β-unsaturated/α-hetero) is 1. The number of carboxylic acids is 1. The highest BCUT2D eigenvalue weighted by molar-refractivity contribution is 6.05. The summed E-state index contributed by atoms with van der Waals surface area (Å²) < 4.78 is 0. The molecule has 0 radical (unpaired) electrons. The highest BCUT2D eigenvalue weighted by Gasteiger charge is 2.22. The summed E-state index contributed by atoms with van der Waals surface area (Å²) in [5.41, 5.74) is 1.79. The molecule has 0 aromatic heterocycles. The predicted molar refractivity (Wildman–Crippen MR) is 82.6 cm³/mol. The summed E-state index contributed by atoms with van der Waals surface area (Å²) in [5.74, 6) is 0.100. The van der Waals surface area contributed by atoms with Gasteiger partial charge < -0.3 is 5.11 Å². The number of rotatable bonds is 6.